The first kappa shape index (κ1) is 12.2. The molecule has 20 heavy (non-hydrogen) atoms. The fourth-order valence-corrected chi connectivity index (χ4v) is 3.84. The van der Waals surface area contributed by atoms with E-state index in [-0.39, 0.29) is 0 Å². The summed E-state index contributed by atoms with van der Waals surface area (Å²) in [5, 5.41) is 5.26. The fraction of sp³-hybridized carbons (Fsp3) is 0.267. The monoisotopic (exact) mass is 303 g/mol. The smallest absolute Gasteiger partial charge is 0.185 e. The average Bonchev–Trinajstić information content (AvgIpc) is 3.02. The van der Waals surface area contributed by atoms with Crippen LogP contribution in [0.2, 0.25) is 5.02 Å². The van der Waals surface area contributed by atoms with E-state index >= 15 is 0 Å². The second-order valence-electron chi connectivity index (χ2n) is 5.22. The van der Waals surface area contributed by atoms with Crippen LogP contribution in [0.4, 0.5) is 5.13 Å². The van der Waals surface area contributed by atoms with E-state index < -0.39 is 0 Å². The van der Waals surface area contributed by atoms with E-state index in [2.05, 4.69) is 32.4 Å². The number of nitrogens with zero attached hydrogens (tertiary/aromatic N) is 2. The quantitative estimate of drug-likeness (QED) is 0.732. The molecule has 3 heterocycles. The van der Waals surface area contributed by atoms with Crippen LogP contribution in [0.5, 0.6) is 0 Å². The predicted molar refractivity (Wildman–Crippen MR) is 84.9 cm³/mol. The van der Waals surface area contributed by atoms with Crippen molar-refractivity contribution in [2.24, 2.45) is 0 Å². The van der Waals surface area contributed by atoms with E-state index in [0.717, 1.165) is 35.4 Å². The Morgan fingerprint density at radius 1 is 1.40 bits per heavy atom. The van der Waals surface area contributed by atoms with Crippen LogP contribution in [0, 0.1) is 6.92 Å². The van der Waals surface area contributed by atoms with Gasteiger partial charge < -0.3 is 9.88 Å². The Labute approximate surface area is 126 Å². The molecule has 0 aliphatic carbocycles. The van der Waals surface area contributed by atoms with Gasteiger partial charge in [-0.3, -0.25) is 0 Å². The predicted octanol–water partition coefficient (Wildman–Crippen LogP) is 4.15. The number of H-pyrrole nitrogens is 1. The maximum atomic E-state index is 6.14. The standard InChI is InChI=1S/C15H14ClN3S/c1-9-8-20-15(17-9)19-5-4-14-12(7-19)11-6-10(16)2-3-13(11)18-14/h2-3,6,8,18H,4-5,7H2,1H3. The van der Waals surface area contributed by atoms with Crippen molar-refractivity contribution in [3.05, 3.63) is 45.6 Å². The molecule has 0 amide bonds. The first-order valence-corrected chi connectivity index (χ1v) is 7.92. The molecule has 0 radical (unpaired) electrons. The summed E-state index contributed by atoms with van der Waals surface area (Å²) in [4.78, 5) is 10.5. The van der Waals surface area contributed by atoms with Crippen LogP contribution >= 0.6 is 22.9 Å². The Kier molecular flexibility index (Phi) is 2.75. The molecule has 1 N–H and O–H groups in total. The van der Waals surface area contributed by atoms with Crippen molar-refractivity contribution in [3.8, 4) is 0 Å². The third kappa shape index (κ3) is 1.91. The summed E-state index contributed by atoms with van der Waals surface area (Å²) in [5.41, 5.74) is 4.97. The van der Waals surface area contributed by atoms with Crippen molar-refractivity contribution in [2.45, 2.75) is 19.9 Å². The van der Waals surface area contributed by atoms with Gasteiger partial charge in [0.1, 0.15) is 0 Å². The number of nitrogens with one attached hydrogen (secondary N) is 1. The number of aromatic nitrogens is 2. The van der Waals surface area contributed by atoms with Gasteiger partial charge in [-0.25, -0.2) is 4.98 Å². The Morgan fingerprint density at radius 3 is 3.10 bits per heavy atom. The van der Waals surface area contributed by atoms with Crippen LogP contribution in [-0.4, -0.2) is 16.5 Å². The van der Waals surface area contributed by atoms with Crippen LogP contribution in [0.15, 0.2) is 23.6 Å². The number of fused-ring (bicyclic) bond motifs is 3. The van der Waals surface area contributed by atoms with Crippen molar-refractivity contribution in [1.82, 2.24) is 9.97 Å². The van der Waals surface area contributed by atoms with Gasteiger partial charge in [0.05, 0.1) is 5.69 Å². The molecule has 0 unspecified atom stereocenters. The number of halogens is 1. The van der Waals surface area contributed by atoms with Crippen LogP contribution in [-0.2, 0) is 13.0 Å². The number of thiazole rings is 1. The zero-order valence-corrected chi connectivity index (χ0v) is 12.7. The number of aromatic amines is 1. The summed E-state index contributed by atoms with van der Waals surface area (Å²) in [6.07, 6.45) is 1.03. The molecular weight excluding hydrogens is 290 g/mol. The molecule has 0 atom stereocenters. The van der Waals surface area contributed by atoms with Crippen molar-refractivity contribution in [3.63, 3.8) is 0 Å². The van der Waals surface area contributed by atoms with Crippen LogP contribution < -0.4 is 4.90 Å². The van der Waals surface area contributed by atoms with Crippen molar-refractivity contribution >= 4 is 39.0 Å². The molecule has 0 spiro atoms. The van der Waals surface area contributed by atoms with Gasteiger partial charge >= 0.3 is 0 Å². The van der Waals surface area contributed by atoms with E-state index in [4.69, 9.17) is 11.6 Å². The highest BCUT2D eigenvalue weighted by Crippen LogP contribution is 2.32. The largest absolute Gasteiger partial charge is 0.358 e. The van der Waals surface area contributed by atoms with Crippen molar-refractivity contribution in [2.75, 3.05) is 11.4 Å². The number of aryl methyl sites for hydroxylation is 1. The maximum Gasteiger partial charge on any atom is 0.185 e. The molecule has 1 aliphatic rings. The number of hydrogen-bond donors (Lipinski definition) is 1. The zero-order valence-electron chi connectivity index (χ0n) is 11.1. The topological polar surface area (TPSA) is 31.9 Å². The minimum absolute atomic E-state index is 0.793. The van der Waals surface area contributed by atoms with Crippen LogP contribution in [0.3, 0.4) is 0 Å². The summed E-state index contributed by atoms with van der Waals surface area (Å²) >= 11 is 7.86. The summed E-state index contributed by atoms with van der Waals surface area (Å²) in [5.74, 6) is 0. The van der Waals surface area contributed by atoms with E-state index in [1.54, 1.807) is 11.3 Å². The molecule has 1 aliphatic heterocycles. The fourth-order valence-electron chi connectivity index (χ4n) is 2.84. The minimum atomic E-state index is 0.793. The lowest BCUT2D eigenvalue weighted by Gasteiger charge is -2.26. The Morgan fingerprint density at radius 2 is 2.30 bits per heavy atom. The second-order valence-corrected chi connectivity index (χ2v) is 6.49. The highest BCUT2D eigenvalue weighted by atomic mass is 35.5. The molecule has 4 rings (SSSR count). The lowest BCUT2D eigenvalue weighted by atomic mass is 10.1. The van der Waals surface area contributed by atoms with Gasteiger partial charge in [-0.05, 0) is 25.1 Å². The third-order valence-electron chi connectivity index (χ3n) is 3.81. The molecule has 2 aromatic heterocycles. The van der Waals surface area contributed by atoms with Gasteiger partial charge in [0.25, 0.3) is 0 Å². The summed E-state index contributed by atoms with van der Waals surface area (Å²) in [7, 11) is 0. The second kappa shape index (κ2) is 4.50. The summed E-state index contributed by atoms with van der Waals surface area (Å²) in [6, 6.07) is 6.06. The molecule has 3 aromatic rings. The van der Waals surface area contributed by atoms with Crippen LogP contribution in [0.25, 0.3) is 10.9 Å². The van der Waals surface area contributed by atoms with E-state index in [9.17, 15) is 0 Å². The highest BCUT2D eigenvalue weighted by Gasteiger charge is 2.22. The van der Waals surface area contributed by atoms with Gasteiger partial charge in [0.15, 0.2) is 5.13 Å². The molecule has 0 saturated carbocycles. The highest BCUT2D eigenvalue weighted by molar-refractivity contribution is 7.13. The lowest BCUT2D eigenvalue weighted by molar-refractivity contribution is 0.723. The molecule has 0 bridgehead atoms. The van der Waals surface area contributed by atoms with E-state index in [0.29, 0.717) is 0 Å². The number of anilines is 1. The molecule has 0 fully saturated rings. The Balaban J connectivity index is 1.77. The van der Waals surface area contributed by atoms with Gasteiger partial charge in [0.2, 0.25) is 0 Å². The van der Waals surface area contributed by atoms with Gasteiger partial charge in [-0.15, -0.1) is 11.3 Å². The molecular formula is C15H14ClN3S. The number of rotatable bonds is 1. The molecule has 1 aromatic carbocycles. The van der Waals surface area contributed by atoms with E-state index in [1.165, 1.54) is 22.2 Å². The van der Waals surface area contributed by atoms with Crippen LogP contribution in [0.1, 0.15) is 17.0 Å². The molecule has 5 heteroatoms. The molecule has 102 valence electrons. The molecule has 0 saturated heterocycles. The lowest BCUT2D eigenvalue weighted by Crippen LogP contribution is -2.29. The Bertz CT molecular complexity index is 790. The van der Waals surface area contributed by atoms with Crippen molar-refractivity contribution in [1.29, 1.82) is 0 Å². The average molecular weight is 304 g/mol. The summed E-state index contributed by atoms with van der Waals surface area (Å²) in [6.45, 7) is 3.96. The maximum absolute atomic E-state index is 6.14. The first-order chi connectivity index (χ1) is 9.70. The van der Waals surface area contributed by atoms with Crippen molar-refractivity contribution < 1.29 is 0 Å². The van der Waals surface area contributed by atoms with E-state index in [1.807, 2.05) is 13.0 Å². The normalized spacial score (nSPS) is 14.8. The minimum Gasteiger partial charge on any atom is -0.358 e. The first-order valence-electron chi connectivity index (χ1n) is 6.67. The SMILES string of the molecule is Cc1csc(N2CCc3[nH]c4ccc(Cl)cc4c3C2)n1. The Hall–Kier alpha value is -1.52. The number of hydrogen-bond acceptors (Lipinski definition) is 3. The zero-order chi connectivity index (χ0) is 13.7. The van der Waals surface area contributed by atoms with Gasteiger partial charge in [-0.1, -0.05) is 11.6 Å². The third-order valence-corrected chi connectivity index (χ3v) is 5.07. The van der Waals surface area contributed by atoms with Gasteiger partial charge in [-0.2, -0.15) is 0 Å². The summed E-state index contributed by atoms with van der Waals surface area (Å²) < 4.78 is 0. The number of benzene rings is 1. The molecule has 3 nitrogen and oxygen atoms in total. The van der Waals surface area contributed by atoms with Gasteiger partial charge in [0, 0.05) is 52.1 Å².